The monoisotopic (exact) mass is 322 g/mol. The maximum Gasteiger partial charge on any atom is 0.236 e. The van der Waals surface area contributed by atoms with Gasteiger partial charge in [0.15, 0.2) is 12.0 Å². The largest absolute Gasteiger partial charge is 0.443 e. The molecule has 5 nitrogen and oxygen atoms in total. The van der Waals surface area contributed by atoms with Crippen LogP contribution in [0.15, 0.2) is 53.3 Å². The second-order valence-corrected chi connectivity index (χ2v) is 6.68. The number of anilines is 1. The van der Waals surface area contributed by atoms with E-state index >= 15 is 0 Å². The first-order chi connectivity index (χ1) is 10.0. The summed E-state index contributed by atoms with van der Waals surface area (Å²) in [5, 5.41) is 0.569. The Hall–Kier alpha value is -2.05. The molecular formula is C14H11ClN2O3S. The zero-order chi connectivity index (χ0) is 14.9. The number of nitrogens with zero attached hydrogens (tertiary/aromatic N) is 1. The number of benzene rings is 2. The van der Waals surface area contributed by atoms with Crippen molar-refractivity contribution in [3.05, 3.63) is 59.4 Å². The summed E-state index contributed by atoms with van der Waals surface area (Å²) in [5.74, 6) is -0.126. The van der Waals surface area contributed by atoms with Crippen molar-refractivity contribution < 1.29 is 12.8 Å². The lowest BCUT2D eigenvalue weighted by Crippen LogP contribution is -2.14. The summed E-state index contributed by atoms with van der Waals surface area (Å²) < 4.78 is 31.9. The molecule has 0 saturated heterocycles. The van der Waals surface area contributed by atoms with E-state index in [9.17, 15) is 8.42 Å². The molecule has 1 heterocycles. The van der Waals surface area contributed by atoms with Crippen molar-refractivity contribution in [2.75, 3.05) is 4.72 Å². The molecule has 0 spiro atoms. The van der Waals surface area contributed by atoms with Crippen LogP contribution in [0.3, 0.4) is 0 Å². The molecule has 1 N–H and O–H groups in total. The first kappa shape index (κ1) is 13.9. The van der Waals surface area contributed by atoms with Gasteiger partial charge in [-0.2, -0.15) is 0 Å². The van der Waals surface area contributed by atoms with E-state index in [0.717, 1.165) is 0 Å². The summed E-state index contributed by atoms with van der Waals surface area (Å²) in [5.41, 5.74) is 2.30. The first-order valence-electron chi connectivity index (χ1n) is 6.10. The van der Waals surface area contributed by atoms with Crippen LogP contribution in [0.2, 0.25) is 5.02 Å². The maximum atomic E-state index is 12.1. The molecule has 0 aliphatic carbocycles. The van der Waals surface area contributed by atoms with Gasteiger partial charge in [0, 0.05) is 11.1 Å². The van der Waals surface area contributed by atoms with Crippen molar-refractivity contribution >= 4 is 38.4 Å². The fraction of sp³-hybridized carbons (Fsp3) is 0.0714. The van der Waals surface area contributed by atoms with Crippen molar-refractivity contribution in [1.82, 2.24) is 4.98 Å². The van der Waals surface area contributed by atoms with Crippen molar-refractivity contribution in [2.24, 2.45) is 0 Å². The molecule has 3 aromatic rings. The minimum Gasteiger partial charge on any atom is -0.443 e. The SMILES string of the molecule is O=S(=O)(Cc1ccc(Cl)cc1)Nc1ccc2ncoc2c1. The third-order valence-electron chi connectivity index (χ3n) is 2.87. The number of aromatic nitrogens is 1. The molecule has 0 amide bonds. The van der Waals surface area contributed by atoms with E-state index in [1.807, 2.05) is 0 Å². The molecule has 2 aromatic carbocycles. The van der Waals surface area contributed by atoms with Gasteiger partial charge < -0.3 is 4.42 Å². The van der Waals surface area contributed by atoms with Crippen molar-refractivity contribution in [3.8, 4) is 0 Å². The van der Waals surface area contributed by atoms with Gasteiger partial charge in [-0.05, 0) is 29.8 Å². The van der Waals surface area contributed by atoms with E-state index in [-0.39, 0.29) is 5.75 Å². The predicted octanol–water partition coefficient (Wildman–Crippen LogP) is 3.42. The van der Waals surface area contributed by atoms with Gasteiger partial charge in [-0.1, -0.05) is 23.7 Å². The standard InChI is InChI=1S/C14H11ClN2O3S/c15-11-3-1-10(2-4-11)8-21(18,19)17-12-5-6-13-14(7-12)20-9-16-13/h1-7,9,17H,8H2. The fourth-order valence-corrected chi connectivity index (χ4v) is 3.25. The molecular weight excluding hydrogens is 312 g/mol. The van der Waals surface area contributed by atoms with Crippen LogP contribution in [0, 0.1) is 0 Å². The lowest BCUT2D eigenvalue weighted by atomic mass is 10.2. The van der Waals surface area contributed by atoms with E-state index in [4.69, 9.17) is 16.0 Å². The van der Waals surface area contributed by atoms with Crippen molar-refractivity contribution in [3.63, 3.8) is 0 Å². The second-order valence-electron chi connectivity index (χ2n) is 4.52. The third kappa shape index (κ3) is 3.34. The Bertz CT molecular complexity index is 873. The van der Waals surface area contributed by atoms with E-state index in [2.05, 4.69) is 9.71 Å². The molecule has 0 fully saturated rings. The molecule has 3 rings (SSSR count). The van der Waals surface area contributed by atoms with Gasteiger partial charge in [0.1, 0.15) is 5.52 Å². The Balaban J connectivity index is 1.80. The molecule has 108 valence electrons. The highest BCUT2D eigenvalue weighted by Gasteiger charge is 2.12. The smallest absolute Gasteiger partial charge is 0.236 e. The van der Waals surface area contributed by atoms with Gasteiger partial charge >= 0.3 is 0 Å². The zero-order valence-corrected chi connectivity index (χ0v) is 12.4. The molecule has 0 aliphatic rings. The number of oxazole rings is 1. The summed E-state index contributed by atoms with van der Waals surface area (Å²) in [6.45, 7) is 0. The van der Waals surface area contributed by atoms with E-state index < -0.39 is 10.0 Å². The summed E-state index contributed by atoms with van der Waals surface area (Å²) in [4.78, 5) is 3.98. The number of nitrogens with one attached hydrogen (secondary N) is 1. The van der Waals surface area contributed by atoms with Crippen LogP contribution in [0.5, 0.6) is 0 Å². The Labute approximate surface area is 126 Å². The number of rotatable bonds is 4. The number of fused-ring (bicyclic) bond motifs is 1. The quantitative estimate of drug-likeness (QED) is 0.798. The second kappa shape index (κ2) is 5.38. The lowest BCUT2D eigenvalue weighted by molar-refractivity contribution is 0.600. The van der Waals surface area contributed by atoms with Gasteiger partial charge in [-0.25, -0.2) is 13.4 Å². The molecule has 0 aliphatic heterocycles. The molecule has 0 unspecified atom stereocenters. The first-order valence-corrected chi connectivity index (χ1v) is 8.13. The third-order valence-corrected chi connectivity index (χ3v) is 4.39. The van der Waals surface area contributed by atoms with Gasteiger partial charge in [0.25, 0.3) is 0 Å². The normalized spacial score (nSPS) is 11.7. The molecule has 0 atom stereocenters. The topological polar surface area (TPSA) is 72.2 Å². The van der Waals surface area contributed by atoms with Gasteiger partial charge in [0.05, 0.1) is 11.4 Å². The fourth-order valence-electron chi connectivity index (χ4n) is 1.93. The molecule has 0 radical (unpaired) electrons. The number of hydrogen-bond acceptors (Lipinski definition) is 4. The Kier molecular flexibility index (Phi) is 3.57. The van der Waals surface area contributed by atoms with Crippen LogP contribution >= 0.6 is 11.6 Å². The molecule has 0 bridgehead atoms. The summed E-state index contributed by atoms with van der Waals surface area (Å²) in [6, 6.07) is 11.6. The molecule has 0 saturated carbocycles. The van der Waals surface area contributed by atoms with Crippen molar-refractivity contribution in [1.29, 1.82) is 0 Å². The van der Waals surface area contributed by atoms with E-state index in [1.165, 1.54) is 6.39 Å². The summed E-state index contributed by atoms with van der Waals surface area (Å²) in [7, 11) is -3.51. The summed E-state index contributed by atoms with van der Waals surface area (Å²) >= 11 is 5.78. The number of hydrogen-bond donors (Lipinski definition) is 1. The minimum atomic E-state index is -3.51. The highest BCUT2D eigenvalue weighted by Crippen LogP contribution is 2.20. The highest BCUT2D eigenvalue weighted by molar-refractivity contribution is 7.91. The molecule has 7 heteroatoms. The molecule has 21 heavy (non-hydrogen) atoms. The molecule has 1 aromatic heterocycles. The average molecular weight is 323 g/mol. The Morgan fingerprint density at radius 3 is 2.67 bits per heavy atom. The van der Waals surface area contributed by atoms with Crippen LogP contribution in [-0.2, 0) is 15.8 Å². The van der Waals surface area contributed by atoms with Crippen LogP contribution in [-0.4, -0.2) is 13.4 Å². The van der Waals surface area contributed by atoms with E-state index in [0.29, 0.717) is 27.4 Å². The van der Waals surface area contributed by atoms with Gasteiger partial charge in [-0.3, -0.25) is 4.72 Å². The van der Waals surface area contributed by atoms with Crippen molar-refractivity contribution in [2.45, 2.75) is 5.75 Å². The average Bonchev–Trinajstić information content (AvgIpc) is 2.88. The summed E-state index contributed by atoms with van der Waals surface area (Å²) in [6.07, 6.45) is 1.32. The van der Waals surface area contributed by atoms with Crippen LogP contribution in [0.25, 0.3) is 11.1 Å². The van der Waals surface area contributed by atoms with Crippen LogP contribution in [0.4, 0.5) is 5.69 Å². The minimum absolute atomic E-state index is 0.126. The van der Waals surface area contributed by atoms with Crippen LogP contribution in [0.1, 0.15) is 5.56 Å². The Morgan fingerprint density at radius 1 is 1.14 bits per heavy atom. The van der Waals surface area contributed by atoms with Gasteiger partial charge in [-0.15, -0.1) is 0 Å². The van der Waals surface area contributed by atoms with Crippen LogP contribution < -0.4 is 4.72 Å². The van der Waals surface area contributed by atoms with E-state index in [1.54, 1.807) is 42.5 Å². The Morgan fingerprint density at radius 2 is 1.90 bits per heavy atom. The lowest BCUT2D eigenvalue weighted by Gasteiger charge is -2.08. The maximum absolute atomic E-state index is 12.1. The zero-order valence-electron chi connectivity index (χ0n) is 10.8. The van der Waals surface area contributed by atoms with Gasteiger partial charge in [0.2, 0.25) is 10.0 Å². The highest BCUT2D eigenvalue weighted by atomic mass is 35.5. The number of halogens is 1. The predicted molar refractivity (Wildman–Crippen MR) is 81.7 cm³/mol. The number of sulfonamides is 1.